The van der Waals surface area contributed by atoms with Crippen molar-refractivity contribution in [2.75, 3.05) is 13.2 Å². The van der Waals surface area contributed by atoms with E-state index in [1.54, 1.807) is 12.1 Å². The summed E-state index contributed by atoms with van der Waals surface area (Å²) in [4.78, 5) is 0. The lowest BCUT2D eigenvalue weighted by Crippen LogP contribution is -2.35. The van der Waals surface area contributed by atoms with Gasteiger partial charge in [0.25, 0.3) is 0 Å². The van der Waals surface area contributed by atoms with Crippen molar-refractivity contribution in [3.05, 3.63) is 82.9 Å². The van der Waals surface area contributed by atoms with Crippen molar-refractivity contribution in [3.8, 4) is 22.6 Å². The standard InChI is InChI=1S/C28H21F9O4/c29-20-8-17(15-4-6-16(7-5-15)26-38-12-18(13-39-26)14-2-1-3-14)9-21(30)24(20)27(33,34)40-19-10-22(31)25(23(32)11-19)41-28(35,36)37/h4-11,14,18,26H,1-3,12-13H2. The zero-order valence-corrected chi connectivity index (χ0v) is 20.9. The summed E-state index contributed by atoms with van der Waals surface area (Å²) in [5.74, 6) is -9.87. The topological polar surface area (TPSA) is 36.9 Å². The molecule has 1 saturated heterocycles. The SMILES string of the molecule is Fc1cc(OC(F)(F)c2c(F)cc(-c3ccc(C4OCC(C5CCC5)CO4)cc3)cc2F)cc(F)c1OC(F)(F)F. The highest BCUT2D eigenvalue weighted by Gasteiger charge is 2.42. The zero-order valence-electron chi connectivity index (χ0n) is 20.9. The van der Waals surface area contributed by atoms with Crippen LogP contribution in [0.25, 0.3) is 11.1 Å². The maximum atomic E-state index is 14.8. The Balaban J connectivity index is 1.30. The Morgan fingerprint density at radius 2 is 1.22 bits per heavy atom. The average molecular weight is 592 g/mol. The molecule has 4 nitrogen and oxygen atoms in total. The first-order valence-electron chi connectivity index (χ1n) is 12.5. The van der Waals surface area contributed by atoms with E-state index in [1.807, 2.05) is 0 Å². The molecule has 220 valence electrons. The monoisotopic (exact) mass is 592 g/mol. The number of benzene rings is 3. The Hall–Kier alpha value is -3.45. The molecule has 0 atom stereocenters. The molecule has 0 spiro atoms. The van der Waals surface area contributed by atoms with Gasteiger partial charge >= 0.3 is 12.5 Å². The van der Waals surface area contributed by atoms with Crippen LogP contribution in [0.4, 0.5) is 39.5 Å². The van der Waals surface area contributed by atoms with Crippen LogP contribution in [0.2, 0.25) is 0 Å². The third kappa shape index (κ3) is 6.40. The van der Waals surface area contributed by atoms with Crippen molar-refractivity contribution in [3.63, 3.8) is 0 Å². The molecule has 0 radical (unpaired) electrons. The van der Waals surface area contributed by atoms with Crippen LogP contribution in [0, 0.1) is 35.1 Å². The summed E-state index contributed by atoms with van der Waals surface area (Å²) >= 11 is 0. The van der Waals surface area contributed by atoms with Crippen LogP contribution < -0.4 is 9.47 Å². The van der Waals surface area contributed by atoms with E-state index in [-0.39, 0.29) is 23.3 Å². The molecule has 1 aliphatic carbocycles. The van der Waals surface area contributed by atoms with E-state index in [9.17, 15) is 39.5 Å². The van der Waals surface area contributed by atoms with Crippen LogP contribution in [0.3, 0.4) is 0 Å². The fourth-order valence-electron chi connectivity index (χ4n) is 4.75. The van der Waals surface area contributed by atoms with Crippen LogP contribution in [-0.2, 0) is 15.6 Å². The molecule has 3 aromatic rings. The number of ether oxygens (including phenoxy) is 4. The summed E-state index contributed by atoms with van der Waals surface area (Å²) < 4.78 is 143. The second kappa shape index (κ2) is 11.1. The number of hydrogen-bond donors (Lipinski definition) is 0. The van der Waals surface area contributed by atoms with Crippen molar-refractivity contribution in [2.45, 2.75) is 38.0 Å². The molecule has 0 aromatic heterocycles. The lowest BCUT2D eigenvalue weighted by molar-refractivity contribution is -0.276. The quantitative estimate of drug-likeness (QED) is 0.258. The predicted molar refractivity (Wildman–Crippen MR) is 125 cm³/mol. The van der Waals surface area contributed by atoms with E-state index in [0.717, 1.165) is 12.8 Å². The number of rotatable bonds is 7. The van der Waals surface area contributed by atoms with Gasteiger partial charge in [-0.05, 0) is 29.2 Å². The zero-order chi connectivity index (χ0) is 29.5. The van der Waals surface area contributed by atoms with Gasteiger partial charge in [-0.3, -0.25) is 0 Å². The van der Waals surface area contributed by atoms with E-state index in [2.05, 4.69) is 9.47 Å². The summed E-state index contributed by atoms with van der Waals surface area (Å²) in [5.41, 5.74) is -1.05. The molecule has 5 rings (SSSR count). The molecule has 0 bridgehead atoms. The van der Waals surface area contributed by atoms with E-state index in [4.69, 9.17) is 9.47 Å². The summed E-state index contributed by atoms with van der Waals surface area (Å²) in [6.45, 7) is 1.10. The molecular weight excluding hydrogens is 571 g/mol. The van der Waals surface area contributed by atoms with E-state index >= 15 is 0 Å². The summed E-state index contributed by atoms with van der Waals surface area (Å²) in [6, 6.07) is 7.36. The van der Waals surface area contributed by atoms with Gasteiger partial charge in [0.05, 0.1) is 13.2 Å². The number of alkyl halides is 5. The second-order valence-corrected chi connectivity index (χ2v) is 9.77. The lowest BCUT2D eigenvalue weighted by Gasteiger charge is -2.38. The third-order valence-electron chi connectivity index (χ3n) is 7.02. The van der Waals surface area contributed by atoms with Crippen molar-refractivity contribution in [1.29, 1.82) is 0 Å². The fraction of sp³-hybridized carbons (Fsp3) is 0.357. The van der Waals surface area contributed by atoms with E-state index < -0.39 is 59.1 Å². The molecular formula is C28H21F9O4. The van der Waals surface area contributed by atoms with Gasteiger partial charge in [-0.1, -0.05) is 43.5 Å². The van der Waals surface area contributed by atoms with Crippen LogP contribution in [0.5, 0.6) is 11.5 Å². The number of hydrogen-bond acceptors (Lipinski definition) is 4. The molecule has 1 saturated carbocycles. The smallest absolute Gasteiger partial charge is 0.429 e. The maximum Gasteiger partial charge on any atom is 0.573 e. The van der Waals surface area contributed by atoms with E-state index in [1.165, 1.54) is 18.6 Å². The van der Waals surface area contributed by atoms with Crippen LogP contribution >= 0.6 is 0 Å². The highest BCUT2D eigenvalue weighted by atomic mass is 19.4. The molecule has 0 unspecified atom stereocenters. The van der Waals surface area contributed by atoms with Crippen molar-refractivity contribution < 1.29 is 58.5 Å². The molecule has 1 aliphatic heterocycles. The highest BCUT2D eigenvalue weighted by Crippen LogP contribution is 2.40. The molecule has 2 fully saturated rings. The van der Waals surface area contributed by atoms with Crippen molar-refractivity contribution >= 4 is 0 Å². The molecule has 2 aliphatic rings. The Kier molecular flexibility index (Phi) is 7.86. The maximum absolute atomic E-state index is 14.8. The third-order valence-corrected chi connectivity index (χ3v) is 7.02. The Labute approximate surface area is 227 Å². The van der Waals surface area contributed by atoms with Gasteiger partial charge in [-0.25, -0.2) is 17.6 Å². The normalized spacial score (nSPS) is 20.0. The van der Waals surface area contributed by atoms with Gasteiger partial charge in [0, 0.05) is 23.6 Å². The second-order valence-electron chi connectivity index (χ2n) is 9.77. The minimum absolute atomic E-state index is 0.0446. The first kappa shape index (κ1) is 29.1. The molecule has 13 heteroatoms. The Morgan fingerprint density at radius 3 is 1.71 bits per heavy atom. The van der Waals surface area contributed by atoms with E-state index in [0.29, 0.717) is 42.7 Å². The van der Waals surface area contributed by atoms with Gasteiger partial charge < -0.3 is 18.9 Å². The Morgan fingerprint density at radius 1 is 0.659 bits per heavy atom. The molecule has 0 amide bonds. The minimum atomic E-state index is -5.47. The van der Waals surface area contributed by atoms with Crippen LogP contribution in [0.1, 0.15) is 36.7 Å². The van der Waals surface area contributed by atoms with Gasteiger partial charge in [0.2, 0.25) is 5.75 Å². The van der Waals surface area contributed by atoms with Gasteiger partial charge in [0.15, 0.2) is 17.9 Å². The molecule has 0 N–H and O–H groups in total. The summed E-state index contributed by atoms with van der Waals surface area (Å²) in [6.07, 6.45) is -7.38. The first-order chi connectivity index (χ1) is 19.3. The Bertz CT molecular complexity index is 1350. The number of halogens is 9. The van der Waals surface area contributed by atoms with Crippen LogP contribution in [0.15, 0.2) is 48.5 Å². The van der Waals surface area contributed by atoms with Gasteiger partial charge in [-0.15, -0.1) is 13.2 Å². The molecule has 41 heavy (non-hydrogen) atoms. The highest BCUT2D eigenvalue weighted by molar-refractivity contribution is 5.64. The van der Waals surface area contributed by atoms with Crippen LogP contribution in [-0.4, -0.2) is 19.6 Å². The molecule has 3 aromatic carbocycles. The minimum Gasteiger partial charge on any atom is -0.429 e. The van der Waals surface area contributed by atoms with Crippen molar-refractivity contribution in [1.82, 2.24) is 0 Å². The largest absolute Gasteiger partial charge is 0.573 e. The summed E-state index contributed by atoms with van der Waals surface area (Å²) in [7, 11) is 0. The summed E-state index contributed by atoms with van der Waals surface area (Å²) in [5, 5.41) is 0. The lowest BCUT2D eigenvalue weighted by atomic mass is 9.76. The fourth-order valence-corrected chi connectivity index (χ4v) is 4.75. The predicted octanol–water partition coefficient (Wildman–Crippen LogP) is 8.40. The molecule has 1 heterocycles. The average Bonchev–Trinajstić information content (AvgIpc) is 2.84. The first-order valence-corrected chi connectivity index (χ1v) is 12.5. The van der Waals surface area contributed by atoms with Crippen molar-refractivity contribution in [2.24, 2.45) is 11.8 Å². The van der Waals surface area contributed by atoms with Gasteiger partial charge in [-0.2, -0.15) is 8.78 Å². The van der Waals surface area contributed by atoms with Gasteiger partial charge in [0.1, 0.15) is 22.9 Å².